The van der Waals surface area contributed by atoms with E-state index in [1.165, 1.54) is 0 Å². The summed E-state index contributed by atoms with van der Waals surface area (Å²) in [7, 11) is 0. The summed E-state index contributed by atoms with van der Waals surface area (Å²) in [4.78, 5) is 36.4. The van der Waals surface area contributed by atoms with E-state index in [1.807, 2.05) is 135 Å². The van der Waals surface area contributed by atoms with Gasteiger partial charge in [-0.15, -0.1) is 0 Å². The van der Waals surface area contributed by atoms with Crippen molar-refractivity contribution in [1.29, 1.82) is 0 Å². The van der Waals surface area contributed by atoms with Crippen LogP contribution in [0.1, 0.15) is 62.3 Å². The number of esters is 3. The molecule has 0 amide bonds. The van der Waals surface area contributed by atoms with Crippen LogP contribution in [0.5, 0.6) is 17.2 Å². The first-order chi connectivity index (χ1) is 23.8. The molecule has 0 spiro atoms. The molecular weight excluding hydrogens is 648 g/mol. The molecular formula is C42H48O9. The quantitative estimate of drug-likeness (QED) is 0.106. The SMILES string of the molecule is CC(C)(C)OC(=O)COc1ccc(-c2cc(-c3ccc(OCC(=O)OC(C)(C)C)cc3)cc(-c3ccc(OCC(=O)OC(C)(C)C)cc3)c2)cc1. The summed E-state index contributed by atoms with van der Waals surface area (Å²) < 4.78 is 33.0. The summed E-state index contributed by atoms with van der Waals surface area (Å²) in [5, 5.41) is 0. The Morgan fingerprint density at radius 1 is 0.373 bits per heavy atom. The number of hydrogen-bond acceptors (Lipinski definition) is 9. The van der Waals surface area contributed by atoms with Gasteiger partial charge in [0.1, 0.15) is 34.1 Å². The number of rotatable bonds is 12. The topological polar surface area (TPSA) is 107 Å². The van der Waals surface area contributed by atoms with E-state index in [0.717, 1.165) is 33.4 Å². The highest BCUT2D eigenvalue weighted by molar-refractivity contribution is 5.82. The van der Waals surface area contributed by atoms with Gasteiger partial charge < -0.3 is 28.4 Å². The monoisotopic (exact) mass is 696 g/mol. The summed E-state index contributed by atoms with van der Waals surface area (Å²) in [6.07, 6.45) is 0. The van der Waals surface area contributed by atoms with Crippen molar-refractivity contribution in [3.8, 4) is 50.6 Å². The number of hydrogen-bond donors (Lipinski definition) is 0. The molecule has 0 N–H and O–H groups in total. The number of benzene rings is 4. The first kappa shape index (κ1) is 38.5. The van der Waals surface area contributed by atoms with E-state index < -0.39 is 34.7 Å². The van der Waals surface area contributed by atoms with Crippen molar-refractivity contribution >= 4 is 17.9 Å². The third kappa shape index (κ3) is 13.2. The van der Waals surface area contributed by atoms with Gasteiger partial charge in [0.15, 0.2) is 19.8 Å². The Hall–Kier alpha value is -5.31. The van der Waals surface area contributed by atoms with Crippen LogP contribution in [0, 0.1) is 0 Å². The van der Waals surface area contributed by atoms with Crippen LogP contribution in [-0.4, -0.2) is 54.5 Å². The van der Waals surface area contributed by atoms with Gasteiger partial charge in [-0.2, -0.15) is 0 Å². The van der Waals surface area contributed by atoms with Crippen LogP contribution >= 0.6 is 0 Å². The molecule has 0 fully saturated rings. The minimum absolute atomic E-state index is 0.189. The third-order valence-electron chi connectivity index (χ3n) is 6.83. The molecule has 270 valence electrons. The Morgan fingerprint density at radius 3 is 0.784 bits per heavy atom. The van der Waals surface area contributed by atoms with Gasteiger partial charge in [-0.1, -0.05) is 36.4 Å². The molecule has 0 aliphatic rings. The van der Waals surface area contributed by atoms with Crippen molar-refractivity contribution in [3.63, 3.8) is 0 Å². The second kappa shape index (κ2) is 16.1. The molecule has 4 aromatic carbocycles. The molecule has 0 heterocycles. The number of ether oxygens (including phenoxy) is 6. The highest BCUT2D eigenvalue weighted by atomic mass is 16.6. The van der Waals surface area contributed by atoms with E-state index in [-0.39, 0.29) is 19.8 Å². The van der Waals surface area contributed by atoms with E-state index >= 15 is 0 Å². The molecule has 0 atom stereocenters. The first-order valence-electron chi connectivity index (χ1n) is 16.8. The van der Waals surface area contributed by atoms with E-state index in [1.54, 1.807) is 0 Å². The predicted octanol–water partition coefficient (Wildman–Crippen LogP) is 8.85. The molecule has 4 rings (SSSR count). The maximum atomic E-state index is 12.1. The maximum Gasteiger partial charge on any atom is 0.344 e. The summed E-state index contributed by atoms with van der Waals surface area (Å²) in [6, 6.07) is 28.8. The predicted molar refractivity (Wildman–Crippen MR) is 197 cm³/mol. The summed E-state index contributed by atoms with van der Waals surface area (Å²) in [6.45, 7) is 15.7. The first-order valence-corrected chi connectivity index (χ1v) is 16.8. The molecule has 0 aliphatic heterocycles. The van der Waals surface area contributed by atoms with Crippen LogP contribution in [0.25, 0.3) is 33.4 Å². The molecule has 0 unspecified atom stereocenters. The van der Waals surface area contributed by atoms with Crippen LogP contribution in [0.4, 0.5) is 0 Å². The lowest BCUT2D eigenvalue weighted by atomic mass is 9.93. The molecule has 0 bridgehead atoms. The van der Waals surface area contributed by atoms with Gasteiger partial charge >= 0.3 is 17.9 Å². The molecule has 0 aromatic heterocycles. The van der Waals surface area contributed by atoms with Crippen LogP contribution in [-0.2, 0) is 28.6 Å². The van der Waals surface area contributed by atoms with Crippen molar-refractivity contribution in [3.05, 3.63) is 91.0 Å². The molecule has 51 heavy (non-hydrogen) atoms. The van der Waals surface area contributed by atoms with Gasteiger partial charge in [-0.05, 0) is 150 Å². The van der Waals surface area contributed by atoms with Crippen LogP contribution in [0.2, 0.25) is 0 Å². The van der Waals surface area contributed by atoms with Crippen LogP contribution < -0.4 is 14.2 Å². The number of carbonyl (C=O) groups excluding carboxylic acids is 3. The third-order valence-corrected chi connectivity index (χ3v) is 6.83. The molecule has 0 radical (unpaired) electrons. The second-order valence-corrected chi connectivity index (χ2v) is 15.0. The van der Waals surface area contributed by atoms with E-state index in [0.29, 0.717) is 17.2 Å². The minimum Gasteiger partial charge on any atom is -0.482 e. The lowest BCUT2D eigenvalue weighted by Gasteiger charge is -2.19. The number of carbonyl (C=O) groups is 3. The van der Waals surface area contributed by atoms with Crippen LogP contribution in [0.3, 0.4) is 0 Å². The maximum absolute atomic E-state index is 12.1. The minimum atomic E-state index is -0.589. The van der Waals surface area contributed by atoms with Crippen molar-refractivity contribution in [2.45, 2.75) is 79.1 Å². The highest BCUT2D eigenvalue weighted by Gasteiger charge is 2.19. The Morgan fingerprint density at radius 2 is 0.588 bits per heavy atom. The van der Waals surface area contributed by atoms with Gasteiger partial charge in [0, 0.05) is 0 Å². The van der Waals surface area contributed by atoms with Crippen molar-refractivity contribution in [2.24, 2.45) is 0 Å². The summed E-state index contributed by atoms with van der Waals surface area (Å²) in [5.41, 5.74) is 3.92. The smallest absolute Gasteiger partial charge is 0.344 e. The second-order valence-electron chi connectivity index (χ2n) is 15.0. The van der Waals surface area contributed by atoms with E-state index in [4.69, 9.17) is 28.4 Å². The van der Waals surface area contributed by atoms with Crippen molar-refractivity contribution in [1.82, 2.24) is 0 Å². The Labute approximate surface area is 300 Å². The zero-order valence-corrected chi connectivity index (χ0v) is 31.0. The molecule has 4 aromatic rings. The zero-order valence-electron chi connectivity index (χ0n) is 31.0. The van der Waals surface area contributed by atoms with Gasteiger partial charge in [-0.25, -0.2) is 14.4 Å². The van der Waals surface area contributed by atoms with Gasteiger partial charge in [0.25, 0.3) is 0 Å². The van der Waals surface area contributed by atoms with Crippen molar-refractivity contribution < 1.29 is 42.8 Å². The molecule has 9 heteroatoms. The molecule has 0 saturated carbocycles. The largest absolute Gasteiger partial charge is 0.482 e. The lowest BCUT2D eigenvalue weighted by molar-refractivity contribution is -0.158. The molecule has 9 nitrogen and oxygen atoms in total. The Bertz CT molecular complexity index is 1560. The van der Waals surface area contributed by atoms with Gasteiger partial charge in [0.05, 0.1) is 0 Å². The van der Waals surface area contributed by atoms with Gasteiger partial charge in [-0.3, -0.25) is 0 Å². The average Bonchev–Trinajstić information content (AvgIpc) is 3.04. The zero-order chi connectivity index (χ0) is 37.4. The summed E-state index contributed by atoms with van der Waals surface area (Å²) >= 11 is 0. The molecule has 0 saturated heterocycles. The molecule has 0 aliphatic carbocycles. The van der Waals surface area contributed by atoms with Crippen LogP contribution in [0.15, 0.2) is 91.0 Å². The van der Waals surface area contributed by atoms with Gasteiger partial charge in [0.2, 0.25) is 0 Å². The fourth-order valence-electron chi connectivity index (χ4n) is 4.90. The Balaban J connectivity index is 1.58. The fraction of sp³-hybridized carbons (Fsp3) is 0.357. The van der Waals surface area contributed by atoms with E-state index in [2.05, 4.69) is 18.2 Å². The normalized spacial score (nSPS) is 11.7. The lowest BCUT2D eigenvalue weighted by Crippen LogP contribution is -2.27. The highest BCUT2D eigenvalue weighted by Crippen LogP contribution is 2.35. The summed E-state index contributed by atoms with van der Waals surface area (Å²) in [5.74, 6) is 0.323. The fourth-order valence-corrected chi connectivity index (χ4v) is 4.90. The Kier molecular flexibility index (Phi) is 12.2. The van der Waals surface area contributed by atoms with E-state index in [9.17, 15) is 14.4 Å². The van der Waals surface area contributed by atoms with Crippen molar-refractivity contribution in [2.75, 3.05) is 19.8 Å². The standard InChI is InChI=1S/C42H48O9/c1-40(2,3)49-37(43)25-46-34-16-10-28(11-17-34)31-22-32(29-12-18-35(19-13-29)47-26-38(44)50-41(4,5)6)24-33(23-31)30-14-20-36(21-15-30)48-27-39(45)51-42(7,8)9/h10-24H,25-27H2,1-9H3. The average molecular weight is 697 g/mol.